The topological polar surface area (TPSA) is 46.5 Å². The zero-order chi connectivity index (χ0) is 13.9. The summed E-state index contributed by atoms with van der Waals surface area (Å²) in [6.45, 7) is 11.3. The van der Waals surface area contributed by atoms with Crippen molar-refractivity contribution in [1.29, 1.82) is 0 Å². The largest absolute Gasteiger partial charge is 0.508 e. The number of phenolic OH excluding ortho intramolecular Hbond substituents is 1. The second-order valence-electron chi connectivity index (χ2n) is 4.32. The van der Waals surface area contributed by atoms with Crippen LogP contribution in [0.5, 0.6) is 11.5 Å². The van der Waals surface area contributed by atoms with Crippen LogP contribution >= 0.6 is 0 Å². The summed E-state index contributed by atoms with van der Waals surface area (Å²) < 4.78 is 5.30. The number of allylic oxidation sites excluding steroid dienone is 1. The van der Waals surface area contributed by atoms with Crippen molar-refractivity contribution in [2.45, 2.75) is 26.2 Å². The molecule has 0 fully saturated rings. The summed E-state index contributed by atoms with van der Waals surface area (Å²) in [4.78, 5) is 11.8. The van der Waals surface area contributed by atoms with Crippen molar-refractivity contribution in [2.24, 2.45) is 0 Å². The highest BCUT2D eigenvalue weighted by atomic mass is 16.5. The first-order valence-electron chi connectivity index (χ1n) is 5.81. The fourth-order valence-corrected chi connectivity index (χ4v) is 1.83. The van der Waals surface area contributed by atoms with Crippen LogP contribution in [0.15, 0.2) is 24.3 Å². The summed E-state index contributed by atoms with van der Waals surface area (Å²) in [6, 6.07) is 3.08. The van der Waals surface area contributed by atoms with Gasteiger partial charge in [0, 0.05) is 17.9 Å². The Morgan fingerprint density at radius 2 is 2.11 bits per heavy atom. The fourth-order valence-electron chi connectivity index (χ4n) is 1.83. The SMILES string of the molecule is [CH2]CC(=O)c1ccc(O)c([C@@H](C)C(=C)C)c1OC. The average Bonchev–Trinajstić information content (AvgIpc) is 2.36. The average molecular weight is 247 g/mol. The normalized spacial score (nSPS) is 12.0. The highest BCUT2D eigenvalue weighted by Gasteiger charge is 2.22. The summed E-state index contributed by atoms with van der Waals surface area (Å²) in [5.74, 6) is 0.335. The molecule has 3 nitrogen and oxygen atoms in total. The van der Waals surface area contributed by atoms with Crippen molar-refractivity contribution in [1.82, 2.24) is 0 Å². The number of phenols is 1. The summed E-state index contributed by atoms with van der Waals surface area (Å²) in [5.41, 5.74) is 1.94. The first kappa shape index (κ1) is 14.3. The molecule has 0 aliphatic carbocycles. The van der Waals surface area contributed by atoms with E-state index in [1.54, 1.807) is 6.07 Å². The molecule has 0 bridgehead atoms. The molecule has 0 aromatic heterocycles. The first-order valence-corrected chi connectivity index (χ1v) is 5.81. The van der Waals surface area contributed by atoms with Crippen LogP contribution in [-0.2, 0) is 0 Å². The number of ether oxygens (including phenoxy) is 1. The molecule has 1 rings (SSSR count). The molecule has 3 heteroatoms. The van der Waals surface area contributed by atoms with E-state index < -0.39 is 0 Å². The lowest BCUT2D eigenvalue weighted by atomic mass is 9.90. The van der Waals surface area contributed by atoms with E-state index in [9.17, 15) is 9.90 Å². The van der Waals surface area contributed by atoms with Crippen LogP contribution in [0.2, 0.25) is 0 Å². The molecule has 0 amide bonds. The van der Waals surface area contributed by atoms with Crippen molar-refractivity contribution in [3.8, 4) is 11.5 Å². The molecule has 0 heterocycles. The Morgan fingerprint density at radius 3 is 2.56 bits per heavy atom. The quantitative estimate of drug-likeness (QED) is 0.640. The van der Waals surface area contributed by atoms with E-state index in [0.29, 0.717) is 16.9 Å². The van der Waals surface area contributed by atoms with Gasteiger partial charge in [0.2, 0.25) is 0 Å². The van der Waals surface area contributed by atoms with Crippen molar-refractivity contribution in [2.75, 3.05) is 7.11 Å². The van der Waals surface area contributed by atoms with Gasteiger partial charge < -0.3 is 9.84 Å². The summed E-state index contributed by atoms with van der Waals surface area (Å²) >= 11 is 0. The van der Waals surface area contributed by atoms with E-state index in [4.69, 9.17) is 4.74 Å². The van der Waals surface area contributed by atoms with Gasteiger partial charge in [-0.25, -0.2) is 0 Å². The number of methoxy groups -OCH3 is 1. The minimum atomic E-state index is -0.109. The second kappa shape index (κ2) is 5.71. The third kappa shape index (κ3) is 2.55. The number of aromatic hydroxyl groups is 1. The molecule has 1 atom stereocenters. The molecule has 97 valence electrons. The number of ketones is 1. The van der Waals surface area contributed by atoms with Crippen LogP contribution < -0.4 is 4.74 Å². The summed E-state index contributed by atoms with van der Waals surface area (Å²) in [6.07, 6.45) is 0.155. The minimum absolute atomic E-state index is 0.0856. The Balaban J connectivity index is 3.48. The van der Waals surface area contributed by atoms with Gasteiger partial charge in [0.1, 0.15) is 11.5 Å². The third-order valence-corrected chi connectivity index (χ3v) is 3.08. The maximum atomic E-state index is 11.8. The van der Waals surface area contributed by atoms with E-state index in [-0.39, 0.29) is 23.9 Å². The zero-order valence-electron chi connectivity index (χ0n) is 11.1. The maximum Gasteiger partial charge on any atom is 0.166 e. The van der Waals surface area contributed by atoms with Gasteiger partial charge in [-0.05, 0) is 26.0 Å². The van der Waals surface area contributed by atoms with Gasteiger partial charge in [0.05, 0.1) is 12.7 Å². The van der Waals surface area contributed by atoms with Gasteiger partial charge in [-0.1, -0.05) is 19.1 Å². The number of carbonyl (C=O) groups excluding carboxylic acids is 1. The van der Waals surface area contributed by atoms with Crippen LogP contribution in [0.4, 0.5) is 0 Å². The van der Waals surface area contributed by atoms with Crippen LogP contribution in [0.3, 0.4) is 0 Å². The minimum Gasteiger partial charge on any atom is -0.508 e. The van der Waals surface area contributed by atoms with Crippen molar-refractivity contribution in [3.63, 3.8) is 0 Å². The van der Waals surface area contributed by atoms with Gasteiger partial charge in [-0.2, -0.15) is 0 Å². The van der Waals surface area contributed by atoms with Gasteiger partial charge in [0.15, 0.2) is 5.78 Å². The standard InChI is InChI=1S/C15H19O3/c1-6-12(16)11-7-8-13(17)14(15(11)18-5)10(4)9(2)3/h7-8,10,17H,1-2,6H2,3-5H3/t10-/m0/s1. The molecule has 18 heavy (non-hydrogen) atoms. The lowest BCUT2D eigenvalue weighted by Crippen LogP contribution is -2.06. The molecule has 0 saturated heterocycles. The van der Waals surface area contributed by atoms with E-state index in [2.05, 4.69) is 13.5 Å². The number of hydrogen-bond acceptors (Lipinski definition) is 3. The molecule has 0 unspecified atom stereocenters. The van der Waals surface area contributed by atoms with E-state index in [0.717, 1.165) is 5.57 Å². The number of rotatable bonds is 5. The van der Waals surface area contributed by atoms with Crippen LogP contribution in [-0.4, -0.2) is 18.0 Å². The van der Waals surface area contributed by atoms with Crippen molar-refractivity contribution in [3.05, 3.63) is 42.3 Å². The fraction of sp³-hybridized carbons (Fsp3) is 0.333. The van der Waals surface area contributed by atoms with Crippen molar-refractivity contribution < 1.29 is 14.6 Å². The van der Waals surface area contributed by atoms with Crippen LogP contribution in [0, 0.1) is 6.92 Å². The van der Waals surface area contributed by atoms with Crippen molar-refractivity contribution >= 4 is 5.78 Å². The number of carbonyl (C=O) groups is 1. The lowest BCUT2D eigenvalue weighted by Gasteiger charge is -2.19. The monoisotopic (exact) mass is 247 g/mol. The Hall–Kier alpha value is -1.77. The predicted octanol–water partition coefficient (Wildman–Crippen LogP) is 3.49. The van der Waals surface area contributed by atoms with Crippen LogP contribution in [0.25, 0.3) is 0 Å². The highest BCUT2D eigenvalue weighted by molar-refractivity contribution is 5.99. The molecule has 0 aliphatic rings. The molecule has 1 aromatic carbocycles. The zero-order valence-corrected chi connectivity index (χ0v) is 11.1. The molecular weight excluding hydrogens is 228 g/mol. The molecular formula is C15H19O3. The molecule has 1 radical (unpaired) electrons. The second-order valence-corrected chi connectivity index (χ2v) is 4.32. The Morgan fingerprint density at radius 1 is 1.50 bits per heavy atom. The predicted molar refractivity (Wildman–Crippen MR) is 72.2 cm³/mol. The van der Waals surface area contributed by atoms with E-state index in [1.165, 1.54) is 13.2 Å². The van der Waals surface area contributed by atoms with Gasteiger partial charge in [-0.3, -0.25) is 4.79 Å². The molecule has 0 aliphatic heterocycles. The first-order chi connectivity index (χ1) is 8.43. The molecule has 1 N–H and O–H groups in total. The maximum absolute atomic E-state index is 11.8. The number of hydrogen-bond donors (Lipinski definition) is 1. The van der Waals surface area contributed by atoms with Gasteiger partial charge in [0.25, 0.3) is 0 Å². The smallest absolute Gasteiger partial charge is 0.166 e. The molecule has 1 aromatic rings. The Labute approximate surface area is 108 Å². The lowest BCUT2D eigenvalue weighted by molar-refractivity contribution is 0.0992. The van der Waals surface area contributed by atoms with Gasteiger partial charge in [-0.15, -0.1) is 0 Å². The Kier molecular flexibility index (Phi) is 4.54. The number of Topliss-reactive ketones (excluding diaryl/α,β-unsaturated/α-hetero) is 1. The molecule has 0 saturated carbocycles. The summed E-state index contributed by atoms with van der Waals surface area (Å²) in [7, 11) is 1.49. The third-order valence-electron chi connectivity index (χ3n) is 3.08. The summed E-state index contributed by atoms with van der Waals surface area (Å²) in [5, 5.41) is 9.97. The van der Waals surface area contributed by atoms with Gasteiger partial charge >= 0.3 is 0 Å². The van der Waals surface area contributed by atoms with Crippen LogP contribution in [0.1, 0.15) is 42.1 Å². The highest BCUT2D eigenvalue weighted by Crippen LogP contribution is 2.40. The Bertz CT molecular complexity index is 475. The van der Waals surface area contributed by atoms with E-state index in [1.807, 2.05) is 13.8 Å². The van der Waals surface area contributed by atoms with E-state index >= 15 is 0 Å². The molecule has 0 spiro atoms. The number of benzene rings is 1.